The van der Waals surface area contributed by atoms with E-state index >= 15 is 0 Å². The van der Waals surface area contributed by atoms with Gasteiger partial charge in [-0.3, -0.25) is 9.79 Å². The van der Waals surface area contributed by atoms with E-state index in [4.69, 9.17) is 4.74 Å². The van der Waals surface area contributed by atoms with Crippen LogP contribution in [0.5, 0.6) is 0 Å². The van der Waals surface area contributed by atoms with E-state index in [0.717, 1.165) is 9.75 Å². The SMILES string of the molecule is COC(=O)C1=C(C)N=C(C)C(C(=O)O)C1c1ccc(C)s1. The normalized spacial score (nSPS) is 22.0. The first-order chi connectivity index (χ1) is 9.86. The van der Waals surface area contributed by atoms with Crippen molar-refractivity contribution in [3.63, 3.8) is 0 Å². The fourth-order valence-corrected chi connectivity index (χ4v) is 3.69. The van der Waals surface area contributed by atoms with Gasteiger partial charge in [-0.25, -0.2) is 4.79 Å². The lowest BCUT2D eigenvalue weighted by atomic mass is 9.79. The van der Waals surface area contributed by atoms with Crippen LogP contribution in [-0.2, 0) is 14.3 Å². The number of carbonyl (C=O) groups excluding carboxylic acids is 1. The molecule has 1 aromatic rings. The Morgan fingerprint density at radius 2 is 1.95 bits per heavy atom. The largest absolute Gasteiger partial charge is 0.481 e. The number of carbonyl (C=O) groups is 2. The molecular weight excluding hydrogens is 290 g/mol. The van der Waals surface area contributed by atoms with Gasteiger partial charge in [0.2, 0.25) is 0 Å². The van der Waals surface area contributed by atoms with Crippen molar-refractivity contribution >= 4 is 29.0 Å². The van der Waals surface area contributed by atoms with E-state index in [0.29, 0.717) is 17.0 Å². The summed E-state index contributed by atoms with van der Waals surface area (Å²) >= 11 is 1.49. The third kappa shape index (κ3) is 2.76. The molecule has 21 heavy (non-hydrogen) atoms. The second-order valence-corrected chi connectivity index (χ2v) is 6.31. The first-order valence-corrected chi connectivity index (χ1v) is 7.31. The molecule has 0 amide bonds. The van der Waals surface area contributed by atoms with Crippen molar-refractivity contribution in [2.75, 3.05) is 7.11 Å². The third-order valence-corrected chi connectivity index (χ3v) is 4.65. The topological polar surface area (TPSA) is 76.0 Å². The van der Waals surface area contributed by atoms with Gasteiger partial charge in [-0.1, -0.05) is 0 Å². The predicted molar refractivity (Wildman–Crippen MR) is 80.7 cm³/mol. The highest BCUT2D eigenvalue weighted by molar-refractivity contribution is 7.12. The van der Waals surface area contributed by atoms with Crippen LogP contribution in [0.2, 0.25) is 0 Å². The molecule has 0 fully saturated rings. The minimum Gasteiger partial charge on any atom is -0.481 e. The average Bonchev–Trinajstić information content (AvgIpc) is 2.83. The number of allylic oxidation sites excluding steroid dienone is 1. The molecule has 0 bridgehead atoms. The standard InChI is InChI=1S/C15H17NO4S/c1-7-5-6-10(21-7)13-11(14(17)18)8(2)16-9(3)12(13)15(19)20-4/h5-6,11,13H,1-4H3,(H,17,18). The molecule has 0 saturated heterocycles. The van der Waals surface area contributed by atoms with Crippen molar-refractivity contribution < 1.29 is 19.4 Å². The summed E-state index contributed by atoms with van der Waals surface area (Å²) in [7, 11) is 1.29. The number of thiophene rings is 1. The second-order valence-electron chi connectivity index (χ2n) is 4.99. The summed E-state index contributed by atoms with van der Waals surface area (Å²) in [5.41, 5.74) is 1.36. The molecule has 0 saturated carbocycles. The molecule has 6 heteroatoms. The number of nitrogens with zero attached hydrogens (tertiary/aromatic N) is 1. The summed E-state index contributed by atoms with van der Waals surface area (Å²) in [4.78, 5) is 29.9. The molecule has 0 aliphatic carbocycles. The number of carboxylic acid groups (broad SMARTS) is 1. The maximum absolute atomic E-state index is 12.1. The minimum atomic E-state index is -0.985. The minimum absolute atomic E-state index is 0.331. The van der Waals surface area contributed by atoms with Gasteiger partial charge in [0.25, 0.3) is 0 Å². The van der Waals surface area contributed by atoms with Gasteiger partial charge in [0.05, 0.1) is 12.7 Å². The number of methoxy groups -OCH3 is 1. The Morgan fingerprint density at radius 1 is 1.29 bits per heavy atom. The van der Waals surface area contributed by atoms with Gasteiger partial charge in [-0.05, 0) is 32.9 Å². The van der Waals surface area contributed by atoms with Crippen LogP contribution < -0.4 is 0 Å². The highest BCUT2D eigenvalue weighted by atomic mass is 32.1. The number of carboxylic acids is 1. The van der Waals surface area contributed by atoms with E-state index in [1.165, 1.54) is 18.4 Å². The Bertz CT molecular complexity index is 656. The van der Waals surface area contributed by atoms with Crippen molar-refractivity contribution in [3.05, 3.63) is 33.2 Å². The molecule has 2 heterocycles. The zero-order valence-corrected chi connectivity index (χ0v) is 13.2. The van der Waals surface area contributed by atoms with Crippen LogP contribution in [0.4, 0.5) is 0 Å². The number of aliphatic carboxylic acids is 1. The summed E-state index contributed by atoms with van der Waals surface area (Å²) in [6.45, 7) is 5.34. The highest BCUT2D eigenvalue weighted by Gasteiger charge is 2.42. The van der Waals surface area contributed by atoms with Crippen molar-refractivity contribution in [2.45, 2.75) is 26.7 Å². The van der Waals surface area contributed by atoms with E-state index in [9.17, 15) is 14.7 Å². The van der Waals surface area contributed by atoms with Gasteiger partial charge >= 0.3 is 11.9 Å². The zero-order valence-electron chi connectivity index (χ0n) is 12.3. The lowest BCUT2D eigenvalue weighted by Gasteiger charge is -2.29. The molecule has 0 spiro atoms. The first-order valence-electron chi connectivity index (χ1n) is 6.50. The Hall–Kier alpha value is -1.95. The molecule has 0 radical (unpaired) electrons. The summed E-state index contributed by atoms with van der Waals surface area (Å²) in [6.07, 6.45) is 0. The summed E-state index contributed by atoms with van der Waals surface area (Å²) in [5, 5.41) is 9.55. The molecular formula is C15H17NO4S. The van der Waals surface area contributed by atoms with Crippen LogP contribution in [-0.4, -0.2) is 29.9 Å². The van der Waals surface area contributed by atoms with Crippen molar-refractivity contribution in [1.82, 2.24) is 0 Å². The number of ether oxygens (including phenoxy) is 1. The molecule has 112 valence electrons. The summed E-state index contributed by atoms with van der Waals surface area (Å²) < 4.78 is 4.83. The maximum Gasteiger partial charge on any atom is 0.336 e. The van der Waals surface area contributed by atoms with Crippen LogP contribution in [0.15, 0.2) is 28.4 Å². The fourth-order valence-electron chi connectivity index (χ4n) is 2.66. The predicted octanol–water partition coefficient (Wildman–Crippen LogP) is 2.76. The van der Waals surface area contributed by atoms with E-state index in [2.05, 4.69) is 4.99 Å². The molecule has 2 rings (SSSR count). The third-order valence-electron chi connectivity index (χ3n) is 3.57. The van der Waals surface area contributed by atoms with Gasteiger partial charge in [0.15, 0.2) is 0 Å². The number of hydrogen-bond acceptors (Lipinski definition) is 5. The number of aryl methyl sites for hydroxylation is 1. The number of aliphatic imine (C=N–C) groups is 1. The van der Waals surface area contributed by atoms with E-state index in [1.807, 2.05) is 19.1 Å². The molecule has 1 aromatic heterocycles. The van der Waals surface area contributed by atoms with Crippen LogP contribution in [0.1, 0.15) is 29.5 Å². The van der Waals surface area contributed by atoms with Crippen LogP contribution in [0.3, 0.4) is 0 Å². The Morgan fingerprint density at radius 3 is 2.43 bits per heavy atom. The van der Waals surface area contributed by atoms with Crippen molar-refractivity contribution in [2.24, 2.45) is 10.9 Å². The summed E-state index contributed by atoms with van der Waals surface area (Å²) in [5.74, 6) is -2.90. The summed E-state index contributed by atoms with van der Waals surface area (Å²) in [6, 6.07) is 3.79. The molecule has 2 unspecified atom stereocenters. The lowest BCUT2D eigenvalue weighted by molar-refractivity contribution is -0.140. The number of rotatable bonds is 3. The van der Waals surface area contributed by atoms with Gasteiger partial charge in [-0.15, -0.1) is 11.3 Å². The van der Waals surface area contributed by atoms with Crippen LogP contribution in [0.25, 0.3) is 0 Å². The molecule has 1 aliphatic rings. The molecule has 5 nitrogen and oxygen atoms in total. The van der Waals surface area contributed by atoms with Crippen LogP contribution in [0, 0.1) is 12.8 Å². The van der Waals surface area contributed by atoms with E-state index in [1.54, 1.807) is 13.8 Å². The van der Waals surface area contributed by atoms with E-state index < -0.39 is 23.8 Å². The quantitative estimate of drug-likeness (QED) is 0.871. The smallest absolute Gasteiger partial charge is 0.336 e. The Kier molecular flexibility index (Phi) is 4.27. The number of hydrogen-bond donors (Lipinski definition) is 1. The Balaban J connectivity index is 2.64. The highest BCUT2D eigenvalue weighted by Crippen LogP contribution is 2.41. The lowest BCUT2D eigenvalue weighted by Crippen LogP contribution is -2.34. The second kappa shape index (κ2) is 5.81. The van der Waals surface area contributed by atoms with Gasteiger partial charge in [-0.2, -0.15) is 0 Å². The molecule has 1 aliphatic heterocycles. The zero-order chi connectivity index (χ0) is 15.7. The van der Waals surface area contributed by atoms with Gasteiger partial charge < -0.3 is 9.84 Å². The first kappa shape index (κ1) is 15.4. The monoisotopic (exact) mass is 307 g/mol. The average molecular weight is 307 g/mol. The number of esters is 1. The van der Waals surface area contributed by atoms with E-state index in [-0.39, 0.29) is 0 Å². The van der Waals surface area contributed by atoms with Crippen molar-refractivity contribution in [1.29, 1.82) is 0 Å². The molecule has 2 atom stereocenters. The molecule has 0 aromatic carbocycles. The van der Waals surface area contributed by atoms with Crippen molar-refractivity contribution in [3.8, 4) is 0 Å². The van der Waals surface area contributed by atoms with Gasteiger partial charge in [0, 0.05) is 27.1 Å². The molecule has 1 N–H and O–H groups in total. The maximum atomic E-state index is 12.1. The van der Waals surface area contributed by atoms with Crippen LogP contribution >= 0.6 is 11.3 Å². The Labute approximate surface area is 127 Å². The van der Waals surface area contributed by atoms with Gasteiger partial charge in [0.1, 0.15) is 5.92 Å². The fraction of sp³-hybridized carbons (Fsp3) is 0.400.